The lowest BCUT2D eigenvalue weighted by Gasteiger charge is -2.21. The Morgan fingerprint density at radius 1 is 1.04 bits per heavy atom. The summed E-state index contributed by atoms with van der Waals surface area (Å²) in [6.07, 6.45) is 0. The quantitative estimate of drug-likeness (QED) is 0.844. The molecule has 0 aromatic heterocycles. The van der Waals surface area contributed by atoms with Crippen LogP contribution in [0.1, 0.15) is 18.1 Å². The van der Waals surface area contributed by atoms with E-state index in [9.17, 15) is 8.42 Å². The maximum Gasteiger partial charge on any atom is 0.243 e. The second kappa shape index (κ2) is 6.22. The molecule has 0 fully saturated rings. The van der Waals surface area contributed by atoms with Crippen LogP contribution in [0.4, 0.5) is 0 Å². The fourth-order valence-electron chi connectivity index (χ4n) is 2.47. The summed E-state index contributed by atoms with van der Waals surface area (Å²) in [5.74, 6) is 1.35. The molecule has 0 bridgehead atoms. The van der Waals surface area contributed by atoms with Gasteiger partial charge in [0.25, 0.3) is 0 Å². The molecule has 0 atom stereocenters. The molecular formula is C17H19NO4S. The fourth-order valence-corrected chi connectivity index (χ4v) is 3.91. The number of fused-ring (bicyclic) bond motifs is 1. The van der Waals surface area contributed by atoms with Crippen LogP contribution in [0, 0.1) is 6.92 Å². The van der Waals surface area contributed by atoms with Crippen LogP contribution in [0.3, 0.4) is 0 Å². The molecule has 0 unspecified atom stereocenters. The van der Waals surface area contributed by atoms with Crippen LogP contribution in [0.15, 0.2) is 47.4 Å². The van der Waals surface area contributed by atoms with Crippen LogP contribution >= 0.6 is 0 Å². The molecule has 0 saturated carbocycles. The minimum atomic E-state index is -3.52. The third kappa shape index (κ3) is 3.18. The second-order valence-corrected chi connectivity index (χ2v) is 7.37. The summed E-state index contributed by atoms with van der Waals surface area (Å²) >= 11 is 0. The Morgan fingerprint density at radius 3 is 2.43 bits per heavy atom. The number of hydrogen-bond donors (Lipinski definition) is 0. The van der Waals surface area contributed by atoms with Gasteiger partial charge in [-0.3, -0.25) is 0 Å². The predicted octanol–water partition coefficient (Wildman–Crippen LogP) is 2.93. The van der Waals surface area contributed by atoms with E-state index in [1.54, 1.807) is 24.3 Å². The van der Waals surface area contributed by atoms with Crippen molar-refractivity contribution in [2.75, 3.05) is 13.3 Å². The zero-order valence-electron chi connectivity index (χ0n) is 13.2. The number of benzene rings is 2. The standard InChI is InChI=1S/C17H19NO4S/c1-3-18(23(19,20)15-7-4-13(2)5-8-15)11-14-6-9-16-17(10-14)22-12-21-16/h4-10H,3,11-12H2,1-2H3. The number of aryl methyl sites for hydroxylation is 1. The van der Waals surface area contributed by atoms with Gasteiger partial charge in [-0.15, -0.1) is 0 Å². The minimum absolute atomic E-state index is 0.206. The molecule has 1 aliphatic heterocycles. The van der Waals surface area contributed by atoms with E-state index in [0.29, 0.717) is 29.5 Å². The molecule has 0 saturated heterocycles. The first kappa shape index (κ1) is 15.8. The summed E-state index contributed by atoms with van der Waals surface area (Å²) in [7, 11) is -3.52. The highest BCUT2D eigenvalue weighted by atomic mass is 32.2. The van der Waals surface area contributed by atoms with E-state index in [2.05, 4.69) is 0 Å². The summed E-state index contributed by atoms with van der Waals surface area (Å²) in [6.45, 7) is 4.66. The molecule has 5 nitrogen and oxygen atoms in total. The molecule has 122 valence electrons. The van der Waals surface area contributed by atoms with Gasteiger partial charge in [0.05, 0.1) is 4.90 Å². The first-order chi connectivity index (χ1) is 11.0. The first-order valence-electron chi connectivity index (χ1n) is 7.46. The van der Waals surface area contributed by atoms with Crippen molar-refractivity contribution in [1.82, 2.24) is 4.31 Å². The highest BCUT2D eigenvalue weighted by Crippen LogP contribution is 2.33. The molecule has 0 amide bonds. The van der Waals surface area contributed by atoms with Crippen molar-refractivity contribution in [3.05, 3.63) is 53.6 Å². The second-order valence-electron chi connectivity index (χ2n) is 5.43. The molecule has 0 N–H and O–H groups in total. The van der Waals surface area contributed by atoms with E-state index < -0.39 is 10.0 Å². The van der Waals surface area contributed by atoms with Crippen molar-refractivity contribution in [1.29, 1.82) is 0 Å². The average molecular weight is 333 g/mol. The molecule has 2 aromatic carbocycles. The third-order valence-corrected chi connectivity index (χ3v) is 5.74. The molecule has 1 aliphatic rings. The fraction of sp³-hybridized carbons (Fsp3) is 0.294. The van der Waals surface area contributed by atoms with E-state index in [1.165, 1.54) is 4.31 Å². The van der Waals surface area contributed by atoms with Gasteiger partial charge in [0, 0.05) is 13.1 Å². The zero-order valence-corrected chi connectivity index (χ0v) is 14.0. The molecule has 2 aromatic rings. The number of ether oxygens (including phenoxy) is 2. The molecular weight excluding hydrogens is 314 g/mol. The highest BCUT2D eigenvalue weighted by Gasteiger charge is 2.24. The topological polar surface area (TPSA) is 55.8 Å². The van der Waals surface area contributed by atoms with Crippen molar-refractivity contribution in [3.8, 4) is 11.5 Å². The van der Waals surface area contributed by atoms with Crippen molar-refractivity contribution in [3.63, 3.8) is 0 Å². The van der Waals surface area contributed by atoms with Gasteiger partial charge in [-0.1, -0.05) is 30.7 Å². The third-order valence-electron chi connectivity index (χ3n) is 3.81. The van der Waals surface area contributed by atoms with Crippen LogP contribution in [-0.2, 0) is 16.6 Å². The Kier molecular flexibility index (Phi) is 4.28. The van der Waals surface area contributed by atoms with E-state index in [0.717, 1.165) is 11.1 Å². The number of sulfonamides is 1. The Morgan fingerprint density at radius 2 is 1.74 bits per heavy atom. The van der Waals surface area contributed by atoms with Gasteiger partial charge in [-0.05, 0) is 36.8 Å². The normalized spacial score (nSPS) is 13.5. The van der Waals surface area contributed by atoms with Crippen LogP contribution in [0.2, 0.25) is 0 Å². The lowest BCUT2D eigenvalue weighted by molar-refractivity contribution is 0.174. The first-order valence-corrected chi connectivity index (χ1v) is 8.90. The van der Waals surface area contributed by atoms with Crippen LogP contribution in [0.25, 0.3) is 0 Å². The molecule has 6 heteroatoms. The molecule has 0 spiro atoms. The van der Waals surface area contributed by atoms with E-state index in [1.807, 2.05) is 32.0 Å². The van der Waals surface area contributed by atoms with Gasteiger partial charge in [0.15, 0.2) is 11.5 Å². The molecule has 1 heterocycles. The molecule has 0 radical (unpaired) electrons. The van der Waals surface area contributed by atoms with Crippen molar-refractivity contribution >= 4 is 10.0 Å². The highest BCUT2D eigenvalue weighted by molar-refractivity contribution is 7.89. The van der Waals surface area contributed by atoms with Gasteiger partial charge in [-0.25, -0.2) is 8.42 Å². The van der Waals surface area contributed by atoms with E-state index in [4.69, 9.17) is 9.47 Å². The van der Waals surface area contributed by atoms with Gasteiger partial charge in [0.2, 0.25) is 16.8 Å². The average Bonchev–Trinajstić information content (AvgIpc) is 3.00. The smallest absolute Gasteiger partial charge is 0.243 e. The number of nitrogens with zero attached hydrogens (tertiary/aromatic N) is 1. The Labute approximate surface area is 136 Å². The Hall–Kier alpha value is -2.05. The maximum absolute atomic E-state index is 12.8. The summed E-state index contributed by atoms with van der Waals surface area (Å²) in [5, 5.41) is 0. The lowest BCUT2D eigenvalue weighted by atomic mass is 10.2. The molecule has 3 rings (SSSR count). The summed E-state index contributed by atoms with van der Waals surface area (Å²) in [6, 6.07) is 12.4. The minimum Gasteiger partial charge on any atom is -0.454 e. The van der Waals surface area contributed by atoms with Crippen molar-refractivity contribution in [2.24, 2.45) is 0 Å². The maximum atomic E-state index is 12.8. The van der Waals surface area contributed by atoms with E-state index >= 15 is 0 Å². The summed E-state index contributed by atoms with van der Waals surface area (Å²) in [5.41, 5.74) is 1.90. The monoisotopic (exact) mass is 333 g/mol. The molecule has 23 heavy (non-hydrogen) atoms. The number of hydrogen-bond acceptors (Lipinski definition) is 4. The van der Waals surface area contributed by atoms with Gasteiger partial charge < -0.3 is 9.47 Å². The van der Waals surface area contributed by atoms with Gasteiger partial charge in [0.1, 0.15) is 0 Å². The Balaban J connectivity index is 1.86. The summed E-state index contributed by atoms with van der Waals surface area (Å²) < 4.78 is 37.6. The SMILES string of the molecule is CCN(Cc1ccc2c(c1)OCO2)S(=O)(=O)c1ccc(C)cc1. The van der Waals surface area contributed by atoms with Crippen LogP contribution in [-0.4, -0.2) is 26.1 Å². The van der Waals surface area contributed by atoms with Crippen molar-refractivity contribution < 1.29 is 17.9 Å². The van der Waals surface area contributed by atoms with E-state index in [-0.39, 0.29) is 6.79 Å². The Bertz CT molecular complexity index is 800. The van der Waals surface area contributed by atoms with Gasteiger partial charge in [-0.2, -0.15) is 4.31 Å². The van der Waals surface area contributed by atoms with Gasteiger partial charge >= 0.3 is 0 Å². The summed E-state index contributed by atoms with van der Waals surface area (Å²) in [4.78, 5) is 0.311. The number of rotatable bonds is 5. The predicted molar refractivity (Wildman–Crippen MR) is 87.0 cm³/mol. The van der Waals surface area contributed by atoms with Crippen LogP contribution < -0.4 is 9.47 Å². The van der Waals surface area contributed by atoms with Crippen LogP contribution in [0.5, 0.6) is 11.5 Å². The largest absolute Gasteiger partial charge is 0.454 e. The zero-order chi connectivity index (χ0) is 16.4. The lowest BCUT2D eigenvalue weighted by Crippen LogP contribution is -2.30. The molecule has 0 aliphatic carbocycles. The van der Waals surface area contributed by atoms with Crippen molar-refractivity contribution in [2.45, 2.75) is 25.3 Å².